The van der Waals surface area contributed by atoms with Crippen LogP contribution in [0, 0.1) is 6.92 Å². The summed E-state index contributed by atoms with van der Waals surface area (Å²) in [6.45, 7) is 2.14. The van der Waals surface area contributed by atoms with Crippen molar-refractivity contribution in [2.75, 3.05) is 0 Å². The van der Waals surface area contributed by atoms with E-state index in [1.54, 1.807) is 24.5 Å². The van der Waals surface area contributed by atoms with Gasteiger partial charge in [0.25, 0.3) is 5.91 Å². The highest BCUT2D eigenvalue weighted by Gasteiger charge is 2.15. The maximum Gasteiger partial charge on any atom is 0.252 e. The van der Waals surface area contributed by atoms with E-state index in [4.69, 9.17) is 8.94 Å². The van der Waals surface area contributed by atoms with Gasteiger partial charge in [-0.05, 0) is 30.7 Å². The fourth-order valence-corrected chi connectivity index (χ4v) is 2.81. The summed E-state index contributed by atoms with van der Waals surface area (Å²) in [5, 5.41) is 6.83. The Bertz CT molecular complexity index is 1110. The number of carbonyl (C=O) groups excluding carboxylic acids is 1. The number of hydrogen-bond acceptors (Lipinski definition) is 5. The first-order valence-corrected chi connectivity index (χ1v) is 9.17. The average Bonchev–Trinajstić information content (AvgIpc) is 3.44. The van der Waals surface area contributed by atoms with Crippen molar-refractivity contribution in [1.29, 1.82) is 0 Å². The van der Waals surface area contributed by atoms with Gasteiger partial charge >= 0.3 is 0 Å². The Morgan fingerprint density at radius 3 is 2.55 bits per heavy atom. The fraction of sp³-hybridized carbons (Fsp3) is 0.0870. The van der Waals surface area contributed by atoms with E-state index in [-0.39, 0.29) is 12.5 Å². The van der Waals surface area contributed by atoms with Crippen LogP contribution in [0.4, 0.5) is 0 Å². The monoisotopic (exact) mass is 385 g/mol. The van der Waals surface area contributed by atoms with Gasteiger partial charge in [0.2, 0.25) is 11.7 Å². The molecule has 0 unspecified atom stereocenters. The number of benzene rings is 2. The summed E-state index contributed by atoms with van der Waals surface area (Å²) in [5.74, 6) is 1.16. The highest BCUT2D eigenvalue weighted by atomic mass is 16.5. The number of nitrogens with zero attached hydrogens (tertiary/aromatic N) is 2. The van der Waals surface area contributed by atoms with Crippen LogP contribution in [0.1, 0.15) is 22.8 Å². The van der Waals surface area contributed by atoms with Crippen LogP contribution in [0.2, 0.25) is 0 Å². The summed E-state index contributed by atoms with van der Waals surface area (Å²) in [5.41, 5.74) is 3.28. The van der Waals surface area contributed by atoms with E-state index in [0.717, 1.165) is 16.7 Å². The first-order valence-electron chi connectivity index (χ1n) is 9.17. The molecule has 0 aliphatic rings. The van der Waals surface area contributed by atoms with Crippen molar-refractivity contribution in [2.24, 2.45) is 0 Å². The minimum atomic E-state index is -0.261. The van der Waals surface area contributed by atoms with Crippen LogP contribution >= 0.6 is 0 Å². The van der Waals surface area contributed by atoms with Crippen LogP contribution in [0.25, 0.3) is 23.0 Å². The van der Waals surface area contributed by atoms with Crippen molar-refractivity contribution in [3.63, 3.8) is 0 Å². The smallest absolute Gasteiger partial charge is 0.252 e. The molecule has 29 heavy (non-hydrogen) atoms. The summed E-state index contributed by atoms with van der Waals surface area (Å²) in [7, 11) is 0. The van der Waals surface area contributed by atoms with E-state index in [0.29, 0.717) is 23.0 Å². The third-order valence-corrected chi connectivity index (χ3v) is 4.34. The van der Waals surface area contributed by atoms with Crippen LogP contribution in [0.15, 0.2) is 81.9 Å². The lowest BCUT2D eigenvalue weighted by Crippen LogP contribution is -2.24. The van der Waals surface area contributed by atoms with E-state index in [1.165, 1.54) is 0 Å². The minimum absolute atomic E-state index is 0.125. The Balaban J connectivity index is 1.49. The molecule has 6 heteroatoms. The molecule has 0 atom stereocenters. The number of nitrogens with one attached hydrogen (secondary N) is 1. The number of amides is 1. The molecular weight excluding hydrogens is 366 g/mol. The topological polar surface area (TPSA) is 81.2 Å². The van der Waals surface area contributed by atoms with Gasteiger partial charge in [0, 0.05) is 5.56 Å². The van der Waals surface area contributed by atoms with Crippen LogP contribution in [0.5, 0.6) is 0 Å². The second-order valence-electron chi connectivity index (χ2n) is 6.50. The molecule has 1 amide bonds. The lowest BCUT2D eigenvalue weighted by Gasteiger charge is -2.07. The zero-order valence-electron chi connectivity index (χ0n) is 15.8. The van der Waals surface area contributed by atoms with Crippen LogP contribution in [-0.2, 0) is 11.3 Å². The molecule has 0 aliphatic heterocycles. The van der Waals surface area contributed by atoms with E-state index in [2.05, 4.69) is 15.5 Å². The van der Waals surface area contributed by atoms with Crippen LogP contribution < -0.4 is 5.32 Å². The van der Waals surface area contributed by atoms with E-state index < -0.39 is 0 Å². The maximum absolute atomic E-state index is 12.8. The molecule has 0 fully saturated rings. The van der Waals surface area contributed by atoms with Crippen molar-refractivity contribution in [2.45, 2.75) is 13.5 Å². The molecule has 0 saturated carbocycles. The van der Waals surface area contributed by atoms with Crippen molar-refractivity contribution in [3.05, 3.63) is 95.8 Å². The number of aryl methyl sites for hydroxylation is 1. The fourth-order valence-electron chi connectivity index (χ4n) is 2.81. The standard InChI is InChI=1S/C23H19N3O3/c1-16-9-11-18(12-10-16)22-25-21(29-26-22)15-24-23(27)20(14-19-8-5-13-28-19)17-6-3-2-4-7-17/h2-14H,15H2,1H3,(H,24,27)/b20-14+. The molecule has 144 valence electrons. The summed E-state index contributed by atoms with van der Waals surface area (Å²) < 4.78 is 10.6. The van der Waals surface area contributed by atoms with E-state index >= 15 is 0 Å². The first-order chi connectivity index (χ1) is 14.2. The highest BCUT2D eigenvalue weighted by Crippen LogP contribution is 2.20. The molecule has 0 bridgehead atoms. The number of rotatable bonds is 6. The number of aromatic nitrogens is 2. The Labute approximate surface area is 167 Å². The molecule has 1 N–H and O–H groups in total. The Morgan fingerprint density at radius 2 is 1.83 bits per heavy atom. The SMILES string of the molecule is Cc1ccc(-c2noc(CNC(=O)/C(=C/c3ccco3)c3ccccc3)n2)cc1. The third-order valence-electron chi connectivity index (χ3n) is 4.34. The Kier molecular flexibility index (Phi) is 5.33. The number of furan rings is 1. The van der Waals surface area contributed by atoms with Crippen LogP contribution in [-0.4, -0.2) is 16.0 Å². The average molecular weight is 385 g/mol. The largest absolute Gasteiger partial charge is 0.465 e. The molecule has 2 heterocycles. The summed E-state index contributed by atoms with van der Waals surface area (Å²) in [4.78, 5) is 17.2. The van der Waals surface area contributed by atoms with Gasteiger partial charge < -0.3 is 14.3 Å². The lowest BCUT2D eigenvalue weighted by atomic mass is 10.0. The van der Waals surface area contributed by atoms with Gasteiger partial charge in [-0.2, -0.15) is 4.98 Å². The molecule has 4 rings (SSSR count). The highest BCUT2D eigenvalue weighted by molar-refractivity contribution is 6.23. The van der Waals surface area contributed by atoms with Crippen molar-refractivity contribution in [3.8, 4) is 11.4 Å². The molecule has 0 spiro atoms. The maximum atomic E-state index is 12.8. The Hall–Kier alpha value is -3.93. The van der Waals surface area contributed by atoms with Gasteiger partial charge in [0.15, 0.2) is 0 Å². The molecule has 2 aromatic carbocycles. The van der Waals surface area contributed by atoms with Gasteiger partial charge in [-0.1, -0.05) is 65.3 Å². The predicted molar refractivity (Wildman–Crippen MR) is 109 cm³/mol. The van der Waals surface area contributed by atoms with Crippen molar-refractivity contribution < 1.29 is 13.7 Å². The third kappa shape index (κ3) is 4.50. The second kappa shape index (κ2) is 8.39. The van der Waals surface area contributed by atoms with Gasteiger partial charge in [0.05, 0.1) is 18.4 Å². The van der Waals surface area contributed by atoms with Gasteiger partial charge in [0.1, 0.15) is 5.76 Å². The number of hydrogen-bond donors (Lipinski definition) is 1. The molecule has 6 nitrogen and oxygen atoms in total. The quantitative estimate of drug-likeness (QED) is 0.495. The lowest BCUT2D eigenvalue weighted by molar-refractivity contribution is -0.115. The molecule has 4 aromatic rings. The van der Waals surface area contributed by atoms with E-state index in [1.807, 2.05) is 61.5 Å². The normalized spacial score (nSPS) is 11.4. The van der Waals surface area contributed by atoms with E-state index in [9.17, 15) is 4.79 Å². The molecule has 2 aromatic heterocycles. The molecule has 0 radical (unpaired) electrons. The van der Waals surface area contributed by atoms with Crippen molar-refractivity contribution in [1.82, 2.24) is 15.5 Å². The van der Waals surface area contributed by atoms with Gasteiger partial charge in [-0.3, -0.25) is 4.79 Å². The second-order valence-corrected chi connectivity index (χ2v) is 6.50. The molecule has 0 aliphatic carbocycles. The summed E-state index contributed by atoms with van der Waals surface area (Å²) in [6.07, 6.45) is 3.27. The zero-order chi connectivity index (χ0) is 20.1. The minimum Gasteiger partial charge on any atom is -0.465 e. The first kappa shape index (κ1) is 18.4. The molecular formula is C23H19N3O3. The van der Waals surface area contributed by atoms with Crippen LogP contribution in [0.3, 0.4) is 0 Å². The predicted octanol–water partition coefficient (Wildman–Crippen LogP) is 4.50. The Morgan fingerprint density at radius 1 is 1.03 bits per heavy atom. The van der Waals surface area contributed by atoms with Gasteiger partial charge in [-0.25, -0.2) is 0 Å². The summed E-state index contributed by atoms with van der Waals surface area (Å²) in [6, 6.07) is 20.8. The van der Waals surface area contributed by atoms with Gasteiger partial charge in [-0.15, -0.1) is 0 Å². The zero-order valence-corrected chi connectivity index (χ0v) is 15.8. The molecule has 0 saturated heterocycles. The number of carbonyl (C=O) groups is 1. The summed E-state index contributed by atoms with van der Waals surface area (Å²) >= 11 is 0. The van der Waals surface area contributed by atoms with Crippen molar-refractivity contribution >= 4 is 17.6 Å².